The predicted octanol–water partition coefficient (Wildman–Crippen LogP) is 2.85. The number of halogens is 1. The maximum atomic E-state index is 12.1. The van der Waals surface area contributed by atoms with Crippen molar-refractivity contribution in [2.45, 2.75) is 38.4 Å². The van der Waals surface area contributed by atoms with Gasteiger partial charge < -0.3 is 11.1 Å². The molecule has 0 aromatic heterocycles. The van der Waals surface area contributed by atoms with E-state index in [4.69, 9.17) is 17.3 Å². The largest absolute Gasteiger partial charge is 0.397 e. The fourth-order valence-electron chi connectivity index (χ4n) is 1.76. The zero-order valence-electron chi connectivity index (χ0n) is 12.2. The summed E-state index contributed by atoms with van der Waals surface area (Å²) >= 11 is 5.83. The Balaban J connectivity index is 2.76. The zero-order valence-corrected chi connectivity index (χ0v) is 13.8. The molecule has 1 amide bonds. The Labute approximate surface area is 130 Å². The van der Waals surface area contributed by atoms with Crippen molar-refractivity contribution < 1.29 is 13.2 Å². The van der Waals surface area contributed by atoms with E-state index in [0.717, 1.165) is 12.8 Å². The van der Waals surface area contributed by atoms with Crippen molar-refractivity contribution >= 4 is 38.7 Å². The molecule has 0 spiro atoms. The monoisotopic (exact) mass is 332 g/mol. The Morgan fingerprint density at radius 3 is 2.67 bits per heavy atom. The van der Waals surface area contributed by atoms with E-state index >= 15 is 0 Å². The SMILES string of the molecule is CCCCCS(=O)(=O)C(C)C(=O)Nc1cc(Cl)ccc1N. The summed E-state index contributed by atoms with van der Waals surface area (Å²) in [4.78, 5) is 12.1. The third-order valence-electron chi connectivity index (χ3n) is 3.21. The first-order chi connectivity index (χ1) is 9.77. The van der Waals surface area contributed by atoms with Gasteiger partial charge in [-0.25, -0.2) is 8.42 Å². The third-order valence-corrected chi connectivity index (χ3v) is 5.60. The summed E-state index contributed by atoms with van der Waals surface area (Å²) in [5, 5.41) is 1.82. The van der Waals surface area contributed by atoms with Crippen molar-refractivity contribution in [3.8, 4) is 0 Å². The van der Waals surface area contributed by atoms with Crippen molar-refractivity contribution in [2.24, 2.45) is 0 Å². The Bertz CT molecular complexity index is 602. The molecule has 1 aromatic carbocycles. The lowest BCUT2D eigenvalue weighted by molar-refractivity contribution is -0.115. The first kappa shape index (κ1) is 17.8. The van der Waals surface area contributed by atoms with Crippen molar-refractivity contribution in [1.82, 2.24) is 0 Å². The van der Waals surface area contributed by atoms with Crippen LogP contribution in [-0.4, -0.2) is 25.3 Å². The molecule has 0 fully saturated rings. The Morgan fingerprint density at radius 2 is 2.05 bits per heavy atom. The first-order valence-electron chi connectivity index (χ1n) is 6.85. The molecule has 118 valence electrons. The molecule has 0 radical (unpaired) electrons. The van der Waals surface area contributed by atoms with Crippen LogP contribution in [0.2, 0.25) is 5.02 Å². The molecular formula is C14H21ClN2O3S. The molecule has 0 saturated carbocycles. The van der Waals surface area contributed by atoms with Crippen molar-refractivity contribution in [2.75, 3.05) is 16.8 Å². The van der Waals surface area contributed by atoms with Crippen molar-refractivity contribution in [3.63, 3.8) is 0 Å². The van der Waals surface area contributed by atoms with Gasteiger partial charge >= 0.3 is 0 Å². The number of carbonyl (C=O) groups is 1. The highest BCUT2D eigenvalue weighted by Gasteiger charge is 2.27. The van der Waals surface area contributed by atoms with Gasteiger partial charge in [0.1, 0.15) is 5.25 Å². The molecule has 0 saturated heterocycles. The Hall–Kier alpha value is -1.27. The lowest BCUT2D eigenvalue weighted by atomic mass is 10.2. The molecule has 5 nitrogen and oxygen atoms in total. The third kappa shape index (κ3) is 5.21. The van der Waals surface area contributed by atoms with Gasteiger partial charge in [0, 0.05) is 5.02 Å². The Morgan fingerprint density at radius 1 is 1.38 bits per heavy atom. The number of carbonyl (C=O) groups excluding carboxylic acids is 1. The summed E-state index contributed by atoms with van der Waals surface area (Å²) in [6.07, 6.45) is 2.32. The summed E-state index contributed by atoms with van der Waals surface area (Å²) in [6.45, 7) is 3.38. The molecule has 0 heterocycles. The fourth-order valence-corrected chi connectivity index (χ4v) is 3.28. The zero-order chi connectivity index (χ0) is 16.0. The highest BCUT2D eigenvalue weighted by molar-refractivity contribution is 7.92. The van der Waals surface area contributed by atoms with E-state index in [2.05, 4.69) is 5.32 Å². The van der Waals surface area contributed by atoms with Crippen LogP contribution in [0, 0.1) is 0 Å². The lowest BCUT2D eigenvalue weighted by Gasteiger charge is -2.14. The van der Waals surface area contributed by atoms with E-state index in [1.807, 2.05) is 6.92 Å². The lowest BCUT2D eigenvalue weighted by Crippen LogP contribution is -2.34. The van der Waals surface area contributed by atoms with Gasteiger partial charge in [-0.15, -0.1) is 0 Å². The van der Waals surface area contributed by atoms with Crippen LogP contribution in [0.25, 0.3) is 0 Å². The number of unbranched alkanes of at least 4 members (excludes halogenated alkanes) is 2. The summed E-state index contributed by atoms with van der Waals surface area (Å²) < 4.78 is 24.1. The maximum absolute atomic E-state index is 12.1. The van der Waals surface area contributed by atoms with Gasteiger partial charge in [0.05, 0.1) is 17.1 Å². The molecular weight excluding hydrogens is 312 g/mol. The molecule has 3 N–H and O–H groups in total. The number of nitrogens with two attached hydrogens (primary N) is 1. The number of hydrogen-bond acceptors (Lipinski definition) is 4. The number of anilines is 2. The second-order valence-electron chi connectivity index (χ2n) is 4.94. The smallest absolute Gasteiger partial charge is 0.242 e. The topological polar surface area (TPSA) is 89.3 Å². The number of nitrogen functional groups attached to an aromatic ring is 1. The summed E-state index contributed by atoms with van der Waals surface area (Å²) in [7, 11) is -3.46. The van der Waals surface area contributed by atoms with Crippen LogP contribution >= 0.6 is 11.6 Å². The molecule has 1 atom stereocenters. The van der Waals surface area contributed by atoms with E-state index in [-0.39, 0.29) is 5.75 Å². The van der Waals surface area contributed by atoms with Crippen LogP contribution < -0.4 is 11.1 Å². The molecule has 0 aliphatic rings. The normalized spacial score (nSPS) is 12.9. The molecule has 0 aliphatic carbocycles. The van der Waals surface area contributed by atoms with Gasteiger partial charge in [-0.3, -0.25) is 4.79 Å². The average Bonchev–Trinajstić information content (AvgIpc) is 2.42. The minimum atomic E-state index is -3.46. The molecule has 0 aliphatic heterocycles. The van der Waals surface area contributed by atoms with E-state index < -0.39 is 21.0 Å². The van der Waals surface area contributed by atoms with Crippen molar-refractivity contribution in [1.29, 1.82) is 0 Å². The summed E-state index contributed by atoms with van der Waals surface area (Å²) in [6, 6.07) is 4.64. The minimum absolute atomic E-state index is 0.0143. The first-order valence-corrected chi connectivity index (χ1v) is 8.94. The summed E-state index contributed by atoms with van der Waals surface area (Å²) in [5.74, 6) is -0.582. The number of nitrogens with one attached hydrogen (secondary N) is 1. The van der Waals surface area contributed by atoms with E-state index in [1.54, 1.807) is 12.1 Å². The predicted molar refractivity (Wildman–Crippen MR) is 87.3 cm³/mol. The molecule has 0 bridgehead atoms. The van der Waals surface area contributed by atoms with Crippen LogP contribution in [0.1, 0.15) is 33.1 Å². The minimum Gasteiger partial charge on any atom is -0.397 e. The van der Waals surface area contributed by atoms with E-state index in [1.165, 1.54) is 13.0 Å². The van der Waals surface area contributed by atoms with Gasteiger partial charge in [-0.05, 0) is 31.5 Å². The van der Waals surface area contributed by atoms with Gasteiger partial charge in [0.15, 0.2) is 9.84 Å². The van der Waals surface area contributed by atoms with E-state index in [9.17, 15) is 13.2 Å². The van der Waals surface area contributed by atoms with Crippen LogP contribution in [0.3, 0.4) is 0 Å². The van der Waals surface area contributed by atoms with Crippen LogP contribution in [0.4, 0.5) is 11.4 Å². The standard InChI is InChI=1S/C14H21ClN2O3S/c1-3-4-5-8-21(19,20)10(2)14(18)17-13-9-11(15)6-7-12(13)16/h6-7,9-10H,3-5,8,16H2,1-2H3,(H,17,18). The quantitative estimate of drug-likeness (QED) is 0.593. The highest BCUT2D eigenvalue weighted by Crippen LogP contribution is 2.23. The number of hydrogen-bond donors (Lipinski definition) is 2. The van der Waals surface area contributed by atoms with Gasteiger partial charge in [0.25, 0.3) is 0 Å². The Kier molecular flexibility index (Phi) is 6.48. The number of sulfone groups is 1. The summed E-state index contributed by atoms with van der Waals surface area (Å²) in [5.41, 5.74) is 6.38. The van der Waals surface area contributed by atoms with Crippen LogP contribution in [0.5, 0.6) is 0 Å². The molecule has 7 heteroatoms. The highest BCUT2D eigenvalue weighted by atomic mass is 35.5. The van der Waals surface area contributed by atoms with Crippen molar-refractivity contribution in [3.05, 3.63) is 23.2 Å². The second kappa shape index (κ2) is 7.66. The molecule has 21 heavy (non-hydrogen) atoms. The maximum Gasteiger partial charge on any atom is 0.242 e. The van der Waals surface area contributed by atoms with E-state index in [0.29, 0.717) is 22.8 Å². The second-order valence-corrected chi connectivity index (χ2v) is 7.81. The number of rotatable bonds is 7. The number of amides is 1. The van der Waals surface area contributed by atoms with Crippen LogP contribution in [0.15, 0.2) is 18.2 Å². The molecule has 1 unspecified atom stereocenters. The van der Waals surface area contributed by atoms with Gasteiger partial charge in [-0.1, -0.05) is 31.4 Å². The van der Waals surface area contributed by atoms with Crippen LogP contribution in [-0.2, 0) is 14.6 Å². The fraction of sp³-hybridized carbons (Fsp3) is 0.500. The average molecular weight is 333 g/mol. The van der Waals surface area contributed by atoms with Gasteiger partial charge in [0.2, 0.25) is 5.91 Å². The number of benzene rings is 1. The molecule has 1 rings (SSSR count). The van der Waals surface area contributed by atoms with Gasteiger partial charge in [-0.2, -0.15) is 0 Å². The molecule has 1 aromatic rings.